The highest BCUT2D eigenvalue weighted by atomic mass is 79.9. The van der Waals surface area contributed by atoms with Crippen LogP contribution in [0.4, 0.5) is 0 Å². The van der Waals surface area contributed by atoms with Crippen LogP contribution in [0.1, 0.15) is 36.1 Å². The molecule has 8 heteroatoms. The summed E-state index contributed by atoms with van der Waals surface area (Å²) >= 11 is 9.64. The fraction of sp³-hybridized carbons (Fsp3) is 0.263. The summed E-state index contributed by atoms with van der Waals surface area (Å²) in [6.45, 7) is 3.46. The van der Waals surface area contributed by atoms with Crippen molar-refractivity contribution in [2.75, 3.05) is 6.79 Å². The van der Waals surface area contributed by atoms with Crippen molar-refractivity contribution >= 4 is 39.1 Å². The minimum atomic E-state index is -0.301. The Kier molecular flexibility index (Phi) is 4.52. The Hall–Kier alpha value is -2.25. The van der Waals surface area contributed by atoms with E-state index in [4.69, 9.17) is 21.1 Å². The molecule has 0 saturated carbocycles. The van der Waals surface area contributed by atoms with Gasteiger partial charge >= 0.3 is 0 Å². The second kappa shape index (κ2) is 6.73. The minimum absolute atomic E-state index is 0.0606. The van der Waals surface area contributed by atoms with Gasteiger partial charge in [-0.2, -0.15) is 5.10 Å². The molecular formula is C19H16BrClN2O4. The summed E-state index contributed by atoms with van der Waals surface area (Å²) < 4.78 is 11.3. The monoisotopic (exact) mass is 450 g/mol. The van der Waals surface area contributed by atoms with Crippen molar-refractivity contribution in [2.24, 2.45) is 5.10 Å². The molecule has 0 bridgehead atoms. The predicted octanol–water partition coefficient (Wildman–Crippen LogP) is 4.54. The van der Waals surface area contributed by atoms with Crippen molar-refractivity contribution < 1.29 is 19.4 Å². The summed E-state index contributed by atoms with van der Waals surface area (Å²) in [6, 6.07) is 6.95. The second-order valence-electron chi connectivity index (χ2n) is 6.44. The predicted molar refractivity (Wildman–Crippen MR) is 105 cm³/mol. The molecule has 2 aromatic carbocycles. The van der Waals surface area contributed by atoms with E-state index in [9.17, 15) is 9.90 Å². The number of hydrogen-bond acceptors (Lipinski definition) is 5. The lowest BCUT2D eigenvalue weighted by Gasteiger charge is -2.20. The van der Waals surface area contributed by atoms with Crippen LogP contribution in [0.3, 0.4) is 0 Å². The number of carbonyl (C=O) groups excluding carboxylic acids is 1. The van der Waals surface area contributed by atoms with E-state index in [2.05, 4.69) is 21.0 Å². The molecule has 2 aromatic rings. The molecule has 2 heterocycles. The Morgan fingerprint density at radius 1 is 1.33 bits per heavy atom. The molecule has 2 aliphatic rings. The number of aromatic hydroxyl groups is 1. The number of amides is 1. The number of nitrogens with zero attached hydrogens (tertiary/aromatic N) is 2. The molecule has 27 heavy (non-hydrogen) atoms. The van der Waals surface area contributed by atoms with Crippen LogP contribution in [0, 0.1) is 6.92 Å². The van der Waals surface area contributed by atoms with Gasteiger partial charge in [-0.3, -0.25) is 4.79 Å². The molecule has 2 aliphatic heterocycles. The standard InChI is InChI=1S/C19H16BrClN2O4/c1-9-13(21)6-12(19(25)18(9)20)14-7-15(23(22-14)10(2)24)11-3-4-16-17(5-11)27-8-26-16/h3-6,15,25H,7-8H2,1-2H3. The van der Waals surface area contributed by atoms with Gasteiger partial charge in [0.1, 0.15) is 5.75 Å². The molecule has 1 unspecified atom stereocenters. The number of halogens is 2. The van der Waals surface area contributed by atoms with Gasteiger partial charge in [-0.05, 0) is 52.2 Å². The van der Waals surface area contributed by atoms with Crippen molar-refractivity contribution in [1.82, 2.24) is 5.01 Å². The molecular weight excluding hydrogens is 436 g/mol. The lowest BCUT2D eigenvalue weighted by atomic mass is 9.97. The minimum Gasteiger partial charge on any atom is -0.506 e. The average molecular weight is 452 g/mol. The normalized spacial score (nSPS) is 18.0. The fourth-order valence-electron chi connectivity index (χ4n) is 3.27. The van der Waals surface area contributed by atoms with Crippen LogP contribution in [0.15, 0.2) is 33.8 Å². The molecule has 0 spiro atoms. The second-order valence-corrected chi connectivity index (χ2v) is 7.64. The lowest BCUT2D eigenvalue weighted by molar-refractivity contribution is -0.130. The van der Waals surface area contributed by atoms with Gasteiger partial charge in [0.25, 0.3) is 0 Å². The average Bonchev–Trinajstić information content (AvgIpc) is 3.29. The van der Waals surface area contributed by atoms with E-state index >= 15 is 0 Å². The topological polar surface area (TPSA) is 71.4 Å². The van der Waals surface area contributed by atoms with Gasteiger partial charge in [0, 0.05) is 23.9 Å². The van der Waals surface area contributed by atoms with Crippen molar-refractivity contribution in [3.05, 3.63) is 50.5 Å². The van der Waals surface area contributed by atoms with E-state index in [1.54, 1.807) is 6.07 Å². The Morgan fingerprint density at radius 2 is 2.07 bits per heavy atom. The Morgan fingerprint density at radius 3 is 2.81 bits per heavy atom. The summed E-state index contributed by atoms with van der Waals surface area (Å²) in [6.07, 6.45) is 0.443. The van der Waals surface area contributed by atoms with Crippen LogP contribution in [0.5, 0.6) is 17.2 Å². The van der Waals surface area contributed by atoms with Crippen LogP contribution in [-0.2, 0) is 4.79 Å². The summed E-state index contributed by atoms with van der Waals surface area (Å²) in [5.41, 5.74) is 2.72. The number of hydrazone groups is 1. The molecule has 6 nitrogen and oxygen atoms in total. The molecule has 0 aliphatic carbocycles. The molecule has 0 fully saturated rings. The van der Waals surface area contributed by atoms with Crippen LogP contribution >= 0.6 is 27.5 Å². The van der Waals surface area contributed by atoms with E-state index in [0.29, 0.717) is 38.7 Å². The van der Waals surface area contributed by atoms with E-state index in [1.165, 1.54) is 11.9 Å². The van der Waals surface area contributed by atoms with Gasteiger partial charge in [0.05, 0.1) is 16.2 Å². The van der Waals surface area contributed by atoms with Gasteiger partial charge < -0.3 is 14.6 Å². The highest BCUT2D eigenvalue weighted by molar-refractivity contribution is 9.10. The summed E-state index contributed by atoms with van der Waals surface area (Å²) in [5.74, 6) is 1.20. The fourth-order valence-corrected chi connectivity index (χ4v) is 4.01. The molecule has 0 radical (unpaired) electrons. The van der Waals surface area contributed by atoms with Crippen molar-refractivity contribution in [3.63, 3.8) is 0 Å². The first-order valence-corrected chi connectivity index (χ1v) is 9.48. The van der Waals surface area contributed by atoms with Gasteiger partial charge in [-0.1, -0.05) is 17.7 Å². The summed E-state index contributed by atoms with van der Waals surface area (Å²) in [7, 11) is 0. The van der Waals surface area contributed by atoms with Crippen LogP contribution in [-0.4, -0.2) is 28.5 Å². The van der Waals surface area contributed by atoms with E-state index in [-0.39, 0.29) is 24.5 Å². The maximum atomic E-state index is 12.2. The summed E-state index contributed by atoms with van der Waals surface area (Å²) in [4.78, 5) is 12.2. The smallest absolute Gasteiger partial charge is 0.240 e. The maximum Gasteiger partial charge on any atom is 0.240 e. The van der Waals surface area contributed by atoms with Gasteiger partial charge in [-0.25, -0.2) is 5.01 Å². The zero-order valence-corrected chi connectivity index (χ0v) is 17.0. The van der Waals surface area contributed by atoms with Crippen molar-refractivity contribution in [1.29, 1.82) is 0 Å². The Bertz CT molecular complexity index is 992. The quantitative estimate of drug-likeness (QED) is 0.727. The van der Waals surface area contributed by atoms with Gasteiger partial charge in [0.2, 0.25) is 12.7 Å². The molecule has 4 rings (SSSR count). The zero-order chi connectivity index (χ0) is 19.3. The number of rotatable bonds is 2. The largest absolute Gasteiger partial charge is 0.506 e. The van der Waals surface area contributed by atoms with E-state index < -0.39 is 0 Å². The van der Waals surface area contributed by atoms with E-state index in [1.807, 2.05) is 25.1 Å². The number of benzene rings is 2. The number of carbonyl (C=O) groups is 1. The molecule has 0 aromatic heterocycles. The molecule has 1 atom stereocenters. The Labute approximate surface area is 169 Å². The summed E-state index contributed by atoms with van der Waals surface area (Å²) in [5, 5.41) is 17.0. The molecule has 1 amide bonds. The maximum absolute atomic E-state index is 12.2. The zero-order valence-electron chi connectivity index (χ0n) is 14.6. The number of fused-ring (bicyclic) bond motifs is 1. The highest BCUT2D eigenvalue weighted by Gasteiger charge is 2.34. The van der Waals surface area contributed by atoms with Crippen molar-refractivity contribution in [3.8, 4) is 17.2 Å². The first kappa shape index (κ1) is 18.1. The number of phenolic OH excluding ortho intramolecular Hbond substituents is 1. The van der Waals surface area contributed by atoms with Crippen LogP contribution in [0.2, 0.25) is 5.02 Å². The third-order valence-corrected chi connectivity index (χ3v) is 6.11. The Balaban J connectivity index is 1.74. The third-order valence-electron chi connectivity index (χ3n) is 4.75. The highest BCUT2D eigenvalue weighted by Crippen LogP contribution is 2.42. The van der Waals surface area contributed by atoms with Crippen LogP contribution in [0.25, 0.3) is 0 Å². The molecule has 1 N–H and O–H groups in total. The van der Waals surface area contributed by atoms with Crippen molar-refractivity contribution in [2.45, 2.75) is 26.3 Å². The van der Waals surface area contributed by atoms with Gasteiger partial charge in [-0.15, -0.1) is 0 Å². The molecule has 140 valence electrons. The van der Waals surface area contributed by atoms with E-state index in [0.717, 1.165) is 11.1 Å². The number of phenols is 1. The lowest BCUT2D eigenvalue weighted by Crippen LogP contribution is -2.24. The molecule has 0 saturated heterocycles. The number of ether oxygens (including phenoxy) is 2. The first-order valence-electron chi connectivity index (χ1n) is 8.31. The SMILES string of the molecule is CC(=O)N1N=C(c2cc(Cl)c(C)c(Br)c2O)CC1c1ccc2c(c1)OCO2. The van der Waals surface area contributed by atoms with Crippen LogP contribution < -0.4 is 9.47 Å². The third kappa shape index (κ3) is 3.04. The number of hydrogen-bond donors (Lipinski definition) is 1. The van der Waals surface area contributed by atoms with Gasteiger partial charge in [0.15, 0.2) is 11.5 Å². The first-order chi connectivity index (χ1) is 12.9.